The van der Waals surface area contributed by atoms with E-state index < -0.39 is 0 Å². The number of pyridine rings is 1. The van der Waals surface area contributed by atoms with Gasteiger partial charge in [-0.1, -0.05) is 53.5 Å². The molecule has 0 radical (unpaired) electrons. The average molecular weight is 792 g/mol. The van der Waals surface area contributed by atoms with Crippen molar-refractivity contribution in [3.63, 3.8) is 0 Å². The lowest BCUT2D eigenvalue weighted by molar-refractivity contribution is -0.120. The fraction of sp³-hybridized carbons (Fsp3) is 0.395. The van der Waals surface area contributed by atoms with E-state index in [9.17, 15) is 15.2 Å². The maximum atomic E-state index is 11.8. The highest BCUT2D eigenvalue weighted by Gasteiger charge is 2.47. The summed E-state index contributed by atoms with van der Waals surface area (Å²) in [6, 6.07) is 18.5. The highest BCUT2D eigenvalue weighted by molar-refractivity contribution is 6.36. The van der Waals surface area contributed by atoms with E-state index in [1.165, 1.54) is 0 Å². The summed E-state index contributed by atoms with van der Waals surface area (Å²) in [5.41, 5.74) is 9.21. The normalized spacial score (nSPS) is 22.6. The first-order valence-corrected chi connectivity index (χ1v) is 20.1. The zero-order chi connectivity index (χ0) is 38.3. The second kappa shape index (κ2) is 13.7. The molecule has 3 fully saturated rings. The number of fused-ring (bicyclic) bond motifs is 3. The average Bonchev–Trinajstić information content (AvgIpc) is 4.03. The molecule has 2 aliphatic carbocycles. The van der Waals surface area contributed by atoms with E-state index in [-0.39, 0.29) is 29.7 Å². The van der Waals surface area contributed by atoms with E-state index in [0.717, 1.165) is 97.1 Å². The van der Waals surface area contributed by atoms with Gasteiger partial charge in [0.1, 0.15) is 28.3 Å². The standard InChI is InChI=1S/C43H40Cl2N6O5/c1-54-40-23(19-50-21-43(22-50)14-12-37(53)49-43)16-33(44)42(48-40)55-36-11-9-26-25(4-2-5-28(26)36)29-6-3-7-30(38(29)45)41-47-34-17-31-27(32(18-46)39(34)56-41)8-10-35(31)51-15-13-24(52)20-51/h2-7,16-17,24,35-36,52H,8-15,19-22H2,1H3,(H,49,53)/t24-,35-,36+/m1/s1. The quantitative estimate of drug-likeness (QED) is 0.164. The molecule has 11 nitrogen and oxygen atoms in total. The van der Waals surface area contributed by atoms with Gasteiger partial charge in [0, 0.05) is 56.3 Å². The minimum atomic E-state index is -0.313. The molecule has 3 aromatic carbocycles. The Labute approximate surface area is 334 Å². The van der Waals surface area contributed by atoms with Crippen molar-refractivity contribution in [1.29, 1.82) is 5.26 Å². The molecule has 2 aromatic heterocycles. The minimum Gasteiger partial charge on any atom is -0.481 e. The number of aromatic nitrogens is 2. The number of benzene rings is 3. The summed E-state index contributed by atoms with van der Waals surface area (Å²) in [6.07, 6.45) is 4.82. The number of nitrogens with one attached hydrogen (secondary N) is 1. The van der Waals surface area contributed by atoms with Gasteiger partial charge in [-0.25, -0.2) is 4.98 Å². The van der Waals surface area contributed by atoms with Crippen LogP contribution in [0.15, 0.2) is 52.9 Å². The Kier molecular flexibility index (Phi) is 8.76. The van der Waals surface area contributed by atoms with E-state index in [1.54, 1.807) is 7.11 Å². The Morgan fingerprint density at radius 1 is 1.00 bits per heavy atom. The van der Waals surface area contributed by atoms with E-state index in [1.807, 2.05) is 30.3 Å². The van der Waals surface area contributed by atoms with E-state index in [4.69, 9.17) is 47.1 Å². The first-order valence-electron chi connectivity index (χ1n) is 19.3. The van der Waals surface area contributed by atoms with Crippen molar-refractivity contribution < 1.29 is 23.8 Å². The smallest absolute Gasteiger partial charge is 0.236 e. The van der Waals surface area contributed by atoms with Gasteiger partial charge in [0.25, 0.3) is 0 Å². The van der Waals surface area contributed by atoms with Crippen LogP contribution in [0.3, 0.4) is 0 Å². The molecule has 286 valence electrons. The number of nitriles is 1. The van der Waals surface area contributed by atoms with Gasteiger partial charge in [-0.05, 0) is 84.5 Å². The molecule has 5 heterocycles. The molecular formula is C43H40Cl2N6O5. The predicted molar refractivity (Wildman–Crippen MR) is 211 cm³/mol. The Bertz CT molecular complexity index is 2470. The Hall–Kier alpha value is -4.70. The molecule has 2 N–H and O–H groups in total. The van der Waals surface area contributed by atoms with E-state index >= 15 is 0 Å². The van der Waals surface area contributed by atoms with Crippen LogP contribution in [-0.2, 0) is 24.2 Å². The topological polar surface area (TPSA) is 137 Å². The zero-order valence-electron chi connectivity index (χ0n) is 30.9. The number of rotatable bonds is 8. The molecule has 13 heteroatoms. The summed E-state index contributed by atoms with van der Waals surface area (Å²) >= 11 is 14.1. The van der Waals surface area contributed by atoms with Gasteiger partial charge < -0.3 is 24.3 Å². The summed E-state index contributed by atoms with van der Waals surface area (Å²) in [4.78, 5) is 26.0. The number of β-amino-alcohol motifs (C(OH)–C–C–N with tert-alkyl or cyclic N) is 1. The van der Waals surface area contributed by atoms with Crippen LogP contribution < -0.4 is 14.8 Å². The Morgan fingerprint density at radius 2 is 1.80 bits per heavy atom. The number of oxazole rings is 1. The minimum absolute atomic E-state index is 0.109. The van der Waals surface area contributed by atoms with Crippen molar-refractivity contribution in [2.45, 2.75) is 75.3 Å². The van der Waals surface area contributed by atoms with Crippen LogP contribution in [-0.4, -0.2) is 75.7 Å². The van der Waals surface area contributed by atoms with Crippen molar-refractivity contribution in [2.24, 2.45) is 0 Å². The molecule has 5 aliphatic rings. The van der Waals surface area contributed by atoms with Crippen molar-refractivity contribution in [2.75, 3.05) is 33.3 Å². The molecule has 3 aliphatic heterocycles. The number of aliphatic hydroxyl groups excluding tert-OH is 1. The summed E-state index contributed by atoms with van der Waals surface area (Å²) in [5, 5.41) is 24.6. The third-order valence-electron chi connectivity index (χ3n) is 12.4. The first-order chi connectivity index (χ1) is 27.2. The molecule has 5 aromatic rings. The van der Waals surface area contributed by atoms with Gasteiger partial charge in [-0.3, -0.25) is 14.6 Å². The molecule has 0 unspecified atom stereocenters. The monoisotopic (exact) mass is 790 g/mol. The number of likely N-dealkylation sites (tertiary alicyclic amines) is 2. The number of methoxy groups -OCH3 is 1. The van der Waals surface area contributed by atoms with Crippen LogP contribution >= 0.6 is 23.2 Å². The Balaban J connectivity index is 0.911. The second-order valence-electron chi connectivity index (χ2n) is 15.9. The van der Waals surface area contributed by atoms with E-state index in [2.05, 4.69) is 39.4 Å². The molecule has 3 atom stereocenters. The number of carbonyl (C=O) groups excluding carboxylic acids is 1. The van der Waals surface area contributed by atoms with Crippen molar-refractivity contribution in [3.8, 4) is 40.4 Å². The van der Waals surface area contributed by atoms with E-state index in [0.29, 0.717) is 69.4 Å². The maximum absolute atomic E-state index is 11.8. The third kappa shape index (κ3) is 5.93. The number of amides is 1. The summed E-state index contributed by atoms with van der Waals surface area (Å²) in [5.74, 6) is 1.28. The van der Waals surface area contributed by atoms with Gasteiger partial charge in [-0.15, -0.1) is 0 Å². The van der Waals surface area contributed by atoms with Crippen LogP contribution in [0.4, 0.5) is 0 Å². The summed E-state index contributed by atoms with van der Waals surface area (Å²) in [6.45, 7) is 3.67. The van der Waals surface area contributed by atoms with Crippen molar-refractivity contribution >= 4 is 40.2 Å². The molecule has 1 spiro atoms. The van der Waals surface area contributed by atoms with Gasteiger partial charge >= 0.3 is 0 Å². The number of halogens is 2. The number of hydrogen-bond acceptors (Lipinski definition) is 10. The fourth-order valence-electron chi connectivity index (χ4n) is 9.86. The highest BCUT2D eigenvalue weighted by atomic mass is 35.5. The lowest BCUT2D eigenvalue weighted by Crippen LogP contribution is -2.66. The van der Waals surface area contributed by atoms with Gasteiger partial charge in [0.2, 0.25) is 23.6 Å². The molecule has 0 bridgehead atoms. The molecule has 56 heavy (non-hydrogen) atoms. The van der Waals surface area contributed by atoms with Gasteiger partial charge in [-0.2, -0.15) is 10.2 Å². The maximum Gasteiger partial charge on any atom is 0.236 e. The van der Waals surface area contributed by atoms with Crippen LogP contribution in [0.2, 0.25) is 10.0 Å². The lowest BCUT2D eigenvalue weighted by atomic mass is 9.88. The van der Waals surface area contributed by atoms with Crippen LogP contribution in [0.25, 0.3) is 33.7 Å². The number of hydrogen-bond donors (Lipinski definition) is 2. The van der Waals surface area contributed by atoms with Gasteiger partial charge in [0.05, 0.1) is 29.3 Å². The second-order valence-corrected chi connectivity index (χ2v) is 16.7. The van der Waals surface area contributed by atoms with Crippen LogP contribution in [0.1, 0.15) is 77.6 Å². The number of ether oxygens (including phenoxy) is 2. The summed E-state index contributed by atoms with van der Waals surface area (Å²) < 4.78 is 18.6. The largest absolute Gasteiger partial charge is 0.481 e. The number of nitrogens with zero attached hydrogens (tertiary/aromatic N) is 5. The summed E-state index contributed by atoms with van der Waals surface area (Å²) in [7, 11) is 1.60. The third-order valence-corrected chi connectivity index (χ3v) is 13.1. The molecule has 0 saturated carbocycles. The molecule has 3 saturated heterocycles. The fourth-order valence-corrected chi connectivity index (χ4v) is 10.4. The van der Waals surface area contributed by atoms with Crippen LogP contribution in [0.5, 0.6) is 11.8 Å². The van der Waals surface area contributed by atoms with Crippen molar-refractivity contribution in [3.05, 3.63) is 92.0 Å². The number of aliphatic hydroxyl groups is 1. The molecular weight excluding hydrogens is 751 g/mol. The lowest BCUT2D eigenvalue weighted by Gasteiger charge is -2.48. The SMILES string of the molecule is COc1nc(O[C@H]2CCc3c(-c4cccc(-c5nc6cc7c(c(C#N)c6o5)CC[C@H]7N5CC[C@@H](O)C5)c4Cl)cccc32)c(Cl)cc1CN1CC2(CCC(=O)N2)C1. The van der Waals surface area contributed by atoms with Crippen LogP contribution in [0, 0.1) is 11.3 Å². The molecule has 1 amide bonds. The van der Waals surface area contributed by atoms with Gasteiger partial charge in [0.15, 0.2) is 5.58 Å². The predicted octanol–water partition coefficient (Wildman–Crippen LogP) is 7.33. The van der Waals surface area contributed by atoms with Crippen molar-refractivity contribution in [1.82, 2.24) is 25.1 Å². The molecule has 10 rings (SSSR count). The highest BCUT2D eigenvalue weighted by Crippen LogP contribution is 2.47. The Morgan fingerprint density at radius 3 is 2.57 bits per heavy atom. The zero-order valence-corrected chi connectivity index (χ0v) is 32.4. The first kappa shape index (κ1) is 35.7. The number of carbonyl (C=O) groups is 1.